The maximum absolute atomic E-state index is 12.9. The van der Waals surface area contributed by atoms with Gasteiger partial charge in [-0.1, -0.05) is 0 Å². The predicted molar refractivity (Wildman–Crippen MR) is 71.9 cm³/mol. The van der Waals surface area contributed by atoms with Crippen LogP contribution in [-0.4, -0.2) is 42.2 Å². The van der Waals surface area contributed by atoms with Crippen molar-refractivity contribution in [2.75, 3.05) is 20.1 Å². The van der Waals surface area contributed by atoms with Gasteiger partial charge in [-0.05, 0) is 6.92 Å². The Balaban J connectivity index is 2.07. The zero-order valence-electron chi connectivity index (χ0n) is 12.4. The number of hydrogen-bond donors (Lipinski definition) is 2. The van der Waals surface area contributed by atoms with Crippen LogP contribution < -0.4 is 5.32 Å². The normalized spacial score (nSPS) is 23.0. The molecular formula is C14H19F3N2O3. The van der Waals surface area contributed by atoms with E-state index in [1.807, 2.05) is 0 Å². The number of aliphatic hydroxyl groups is 1. The average Bonchev–Trinajstić information content (AvgIpc) is 2.94. The summed E-state index contributed by atoms with van der Waals surface area (Å²) in [7, 11) is 1.51. The van der Waals surface area contributed by atoms with E-state index in [1.54, 1.807) is 4.90 Å². The number of nitrogens with zero attached hydrogens (tertiary/aromatic N) is 1. The van der Waals surface area contributed by atoms with Gasteiger partial charge in [0, 0.05) is 44.6 Å². The lowest BCUT2D eigenvalue weighted by Gasteiger charge is -2.17. The Morgan fingerprint density at radius 2 is 2.18 bits per heavy atom. The quantitative estimate of drug-likeness (QED) is 0.883. The number of aryl methyl sites for hydroxylation is 1. The summed E-state index contributed by atoms with van der Waals surface area (Å²) in [6.45, 7) is 2.14. The molecule has 1 aliphatic heterocycles. The number of aliphatic hydroxyl groups excluding tert-OH is 1. The summed E-state index contributed by atoms with van der Waals surface area (Å²) in [5, 5.41) is 12.4. The van der Waals surface area contributed by atoms with Gasteiger partial charge in [-0.3, -0.25) is 9.69 Å². The largest absolute Gasteiger partial charge is 0.469 e. The van der Waals surface area contributed by atoms with E-state index in [0.717, 1.165) is 6.26 Å². The third kappa shape index (κ3) is 3.61. The van der Waals surface area contributed by atoms with Crippen molar-refractivity contribution >= 4 is 5.91 Å². The fourth-order valence-electron chi connectivity index (χ4n) is 2.75. The minimum atomic E-state index is -4.47. The number of carbonyl (C=O) groups excluding carboxylic acids is 1. The van der Waals surface area contributed by atoms with E-state index in [0.29, 0.717) is 6.54 Å². The molecule has 0 bridgehead atoms. The van der Waals surface area contributed by atoms with Crippen LogP contribution in [-0.2, 0) is 17.5 Å². The lowest BCUT2D eigenvalue weighted by Crippen LogP contribution is -2.27. The van der Waals surface area contributed by atoms with Crippen molar-refractivity contribution in [3.8, 4) is 0 Å². The summed E-state index contributed by atoms with van der Waals surface area (Å²) in [4.78, 5) is 13.1. The molecule has 1 aromatic rings. The summed E-state index contributed by atoms with van der Waals surface area (Å²) in [5.41, 5.74) is -0.700. The molecule has 1 aromatic heterocycles. The molecule has 2 rings (SSSR count). The van der Waals surface area contributed by atoms with Crippen LogP contribution in [0.4, 0.5) is 13.2 Å². The van der Waals surface area contributed by atoms with Crippen LogP contribution in [0.15, 0.2) is 10.7 Å². The van der Waals surface area contributed by atoms with Gasteiger partial charge in [-0.15, -0.1) is 0 Å². The Kier molecular flexibility index (Phi) is 4.81. The van der Waals surface area contributed by atoms with E-state index in [9.17, 15) is 23.1 Å². The number of hydrogen-bond acceptors (Lipinski definition) is 4. The number of nitrogens with one attached hydrogen (secondary N) is 1. The van der Waals surface area contributed by atoms with Gasteiger partial charge in [0.2, 0.25) is 5.91 Å². The molecule has 2 heterocycles. The fraction of sp³-hybridized carbons (Fsp3) is 0.643. The molecule has 1 amide bonds. The molecular weight excluding hydrogens is 301 g/mol. The van der Waals surface area contributed by atoms with Gasteiger partial charge in [-0.25, -0.2) is 0 Å². The highest BCUT2D eigenvalue weighted by Crippen LogP contribution is 2.36. The fourth-order valence-corrected chi connectivity index (χ4v) is 2.75. The van der Waals surface area contributed by atoms with Gasteiger partial charge in [0.05, 0.1) is 11.7 Å². The molecule has 1 aliphatic rings. The first kappa shape index (κ1) is 16.8. The molecule has 5 nitrogen and oxygen atoms in total. The van der Waals surface area contributed by atoms with E-state index in [1.165, 1.54) is 14.0 Å². The van der Waals surface area contributed by atoms with Crippen LogP contribution in [0.3, 0.4) is 0 Å². The predicted octanol–water partition coefficient (Wildman–Crippen LogP) is 1.54. The van der Waals surface area contributed by atoms with Gasteiger partial charge in [-0.2, -0.15) is 13.2 Å². The number of likely N-dealkylation sites (tertiary alicyclic amines) is 1. The summed E-state index contributed by atoms with van der Waals surface area (Å²) in [6, 6.07) is 0. The van der Waals surface area contributed by atoms with Gasteiger partial charge < -0.3 is 14.8 Å². The molecule has 124 valence electrons. The van der Waals surface area contributed by atoms with Crippen molar-refractivity contribution in [2.24, 2.45) is 5.92 Å². The Hall–Kier alpha value is -1.54. The number of carbonyl (C=O) groups is 1. The molecule has 0 spiro atoms. The van der Waals surface area contributed by atoms with Crippen molar-refractivity contribution in [2.45, 2.75) is 32.2 Å². The van der Waals surface area contributed by atoms with Crippen molar-refractivity contribution in [3.63, 3.8) is 0 Å². The minimum Gasteiger partial charge on any atom is -0.469 e. The van der Waals surface area contributed by atoms with Gasteiger partial charge in [0.15, 0.2) is 0 Å². The number of amides is 1. The van der Waals surface area contributed by atoms with Crippen LogP contribution in [0.2, 0.25) is 0 Å². The van der Waals surface area contributed by atoms with Crippen LogP contribution >= 0.6 is 0 Å². The first-order valence-corrected chi connectivity index (χ1v) is 6.97. The number of furan rings is 1. The molecule has 2 atom stereocenters. The van der Waals surface area contributed by atoms with Crippen molar-refractivity contribution in [3.05, 3.63) is 23.2 Å². The van der Waals surface area contributed by atoms with Crippen LogP contribution in [0.1, 0.15) is 23.3 Å². The third-order valence-corrected chi connectivity index (χ3v) is 4.00. The lowest BCUT2D eigenvalue weighted by atomic mass is 10.0. The molecule has 0 radical (unpaired) electrons. The second-order valence-corrected chi connectivity index (χ2v) is 5.58. The van der Waals surface area contributed by atoms with E-state index >= 15 is 0 Å². The van der Waals surface area contributed by atoms with Crippen molar-refractivity contribution in [1.29, 1.82) is 0 Å². The minimum absolute atomic E-state index is 0.0402. The van der Waals surface area contributed by atoms with Crippen molar-refractivity contribution in [1.82, 2.24) is 10.2 Å². The number of β-amino-alcohol motifs (C(OH)–C–C–N with tert-alkyl or cyclic N) is 1. The van der Waals surface area contributed by atoms with Crippen LogP contribution in [0.5, 0.6) is 0 Å². The van der Waals surface area contributed by atoms with E-state index < -0.39 is 17.8 Å². The van der Waals surface area contributed by atoms with Gasteiger partial charge >= 0.3 is 6.18 Å². The van der Waals surface area contributed by atoms with Crippen molar-refractivity contribution < 1.29 is 27.5 Å². The van der Waals surface area contributed by atoms with E-state index in [2.05, 4.69) is 5.32 Å². The second-order valence-electron chi connectivity index (χ2n) is 5.58. The first-order chi connectivity index (χ1) is 10.2. The van der Waals surface area contributed by atoms with Gasteiger partial charge in [0.25, 0.3) is 0 Å². The highest BCUT2D eigenvalue weighted by molar-refractivity contribution is 5.75. The highest BCUT2D eigenvalue weighted by atomic mass is 19.4. The lowest BCUT2D eigenvalue weighted by molar-refractivity contribution is -0.138. The Labute approximate surface area is 126 Å². The maximum Gasteiger partial charge on any atom is 0.419 e. The van der Waals surface area contributed by atoms with E-state index in [-0.39, 0.29) is 42.7 Å². The molecule has 0 unspecified atom stereocenters. The SMILES string of the molecule is CNC(=O)C[C@@H]1CN(Cc2c(C(F)(F)F)coc2C)C[C@H]1O. The average molecular weight is 320 g/mol. The zero-order chi connectivity index (χ0) is 16.5. The standard InChI is InChI=1S/C14H19F3N2O3/c1-8-10(11(7-22-8)14(15,16)17)5-19-4-9(12(20)6-19)3-13(21)18-2/h7,9,12,20H,3-6H2,1-2H3,(H,18,21)/t9-,12-/m1/s1. The summed E-state index contributed by atoms with van der Waals surface area (Å²) in [6.07, 6.45) is -4.31. The molecule has 0 aromatic carbocycles. The number of rotatable bonds is 4. The molecule has 1 saturated heterocycles. The third-order valence-electron chi connectivity index (χ3n) is 4.00. The molecule has 0 saturated carbocycles. The molecule has 0 aliphatic carbocycles. The topological polar surface area (TPSA) is 65.7 Å². The Morgan fingerprint density at radius 1 is 1.50 bits per heavy atom. The maximum atomic E-state index is 12.9. The monoisotopic (exact) mass is 320 g/mol. The number of halogens is 3. The van der Waals surface area contributed by atoms with Crippen LogP contribution in [0.25, 0.3) is 0 Å². The Bertz CT molecular complexity index is 542. The smallest absolute Gasteiger partial charge is 0.419 e. The highest BCUT2D eigenvalue weighted by Gasteiger charge is 2.38. The molecule has 1 fully saturated rings. The molecule has 8 heteroatoms. The number of alkyl halides is 3. The summed E-state index contributed by atoms with van der Waals surface area (Å²) < 4.78 is 43.7. The van der Waals surface area contributed by atoms with Gasteiger partial charge in [0.1, 0.15) is 12.0 Å². The molecule has 2 N–H and O–H groups in total. The van der Waals surface area contributed by atoms with Crippen LogP contribution in [0, 0.1) is 12.8 Å². The second kappa shape index (κ2) is 6.29. The summed E-state index contributed by atoms with van der Waals surface area (Å²) in [5.74, 6) is -0.251. The zero-order valence-corrected chi connectivity index (χ0v) is 12.4. The Morgan fingerprint density at radius 3 is 2.77 bits per heavy atom. The molecule has 22 heavy (non-hydrogen) atoms. The summed E-state index contributed by atoms with van der Waals surface area (Å²) >= 11 is 0. The first-order valence-electron chi connectivity index (χ1n) is 6.97. The van der Waals surface area contributed by atoms with E-state index in [4.69, 9.17) is 4.42 Å².